The maximum Gasteiger partial charge on any atom is 0.264 e. The van der Waals surface area contributed by atoms with Crippen molar-refractivity contribution >= 4 is 17.4 Å². The van der Waals surface area contributed by atoms with Crippen LogP contribution in [0.3, 0.4) is 0 Å². The number of ether oxygens (including phenoxy) is 1. The molecule has 0 bridgehead atoms. The number of Topliss-reactive ketones (excluding diaryl/α,β-unsaturated/α-hetero) is 1. The lowest BCUT2D eigenvalue weighted by Gasteiger charge is -2.30. The van der Waals surface area contributed by atoms with Crippen molar-refractivity contribution in [3.8, 4) is 5.75 Å². The zero-order valence-electron chi connectivity index (χ0n) is 9.61. The molecule has 17 heavy (non-hydrogen) atoms. The van der Waals surface area contributed by atoms with Gasteiger partial charge in [0.15, 0.2) is 0 Å². The lowest BCUT2D eigenvalue weighted by Crippen LogP contribution is -2.52. The van der Waals surface area contributed by atoms with Gasteiger partial charge in [0.05, 0.1) is 12.8 Å². The summed E-state index contributed by atoms with van der Waals surface area (Å²) in [5.74, 6) is -0.757. The topological polar surface area (TPSA) is 75.6 Å². The number of hydrogen-bond donors (Lipinski definition) is 2. The summed E-state index contributed by atoms with van der Waals surface area (Å²) in [6, 6.07) is 4.74. The third kappa shape index (κ3) is 1.59. The first-order valence-electron chi connectivity index (χ1n) is 5.29. The number of anilines is 1. The summed E-state index contributed by atoms with van der Waals surface area (Å²) in [4.78, 5) is 23.7. The molecule has 0 saturated carbocycles. The van der Waals surface area contributed by atoms with Gasteiger partial charge >= 0.3 is 0 Å². The summed E-state index contributed by atoms with van der Waals surface area (Å²) in [6.07, 6.45) is 0.0360. The van der Waals surface area contributed by atoms with E-state index in [-0.39, 0.29) is 12.0 Å². The molecule has 5 heteroatoms. The van der Waals surface area contributed by atoms with E-state index in [9.17, 15) is 14.7 Å². The summed E-state index contributed by atoms with van der Waals surface area (Å²) in [7, 11) is 1.49. The van der Waals surface area contributed by atoms with Crippen LogP contribution in [-0.2, 0) is 4.79 Å². The quantitative estimate of drug-likeness (QED) is 0.749. The van der Waals surface area contributed by atoms with Crippen LogP contribution in [0.2, 0.25) is 0 Å². The molecular weight excluding hydrogens is 222 g/mol. The number of benzene rings is 1. The van der Waals surface area contributed by atoms with Gasteiger partial charge < -0.3 is 15.2 Å². The third-order valence-corrected chi connectivity index (χ3v) is 2.98. The Morgan fingerprint density at radius 3 is 2.71 bits per heavy atom. The number of aliphatic hydroxyl groups is 1. The van der Waals surface area contributed by atoms with Crippen molar-refractivity contribution in [2.75, 3.05) is 12.4 Å². The molecule has 1 aromatic carbocycles. The van der Waals surface area contributed by atoms with Gasteiger partial charge in [-0.2, -0.15) is 0 Å². The number of rotatable bonds is 2. The van der Waals surface area contributed by atoms with Gasteiger partial charge in [0.25, 0.3) is 5.91 Å². The minimum atomic E-state index is -1.97. The molecule has 1 aliphatic heterocycles. The highest BCUT2D eigenvalue weighted by atomic mass is 16.5. The molecule has 1 atom stereocenters. The average molecular weight is 235 g/mol. The van der Waals surface area contributed by atoms with Crippen molar-refractivity contribution in [3.05, 3.63) is 23.8 Å². The van der Waals surface area contributed by atoms with Crippen LogP contribution in [-0.4, -0.2) is 29.5 Å². The van der Waals surface area contributed by atoms with Crippen LogP contribution in [0, 0.1) is 0 Å². The first kappa shape index (κ1) is 11.6. The van der Waals surface area contributed by atoms with Crippen LogP contribution >= 0.6 is 0 Å². The van der Waals surface area contributed by atoms with Crippen molar-refractivity contribution < 1.29 is 19.4 Å². The summed E-state index contributed by atoms with van der Waals surface area (Å²) in [6.45, 7) is 1.59. The van der Waals surface area contributed by atoms with Gasteiger partial charge in [0.2, 0.25) is 11.4 Å². The Morgan fingerprint density at radius 2 is 2.12 bits per heavy atom. The number of methoxy groups -OCH3 is 1. The number of carbonyl (C=O) groups is 2. The van der Waals surface area contributed by atoms with Crippen molar-refractivity contribution in [2.45, 2.75) is 18.9 Å². The number of fused-ring (bicyclic) bond motifs is 1. The normalized spacial score (nSPS) is 23.0. The summed E-state index contributed by atoms with van der Waals surface area (Å²) in [5.41, 5.74) is -1.30. The summed E-state index contributed by atoms with van der Waals surface area (Å²) >= 11 is 0. The number of carbonyl (C=O) groups excluding carboxylic acids is 2. The Bertz CT molecular complexity index is 497. The summed E-state index contributed by atoms with van der Waals surface area (Å²) < 4.78 is 5.01. The fourth-order valence-electron chi connectivity index (χ4n) is 1.82. The highest BCUT2D eigenvalue weighted by Gasteiger charge is 2.46. The maximum atomic E-state index is 12.1. The standard InChI is InChI=1S/C12H13NO4/c1-3-12(16)10(14)8-6-7(17-2)4-5-9(8)13-11(12)15/h4-6,16H,3H2,1-2H3,(H,13,15)/t12-/m1/s1. The minimum absolute atomic E-state index is 0.0360. The summed E-state index contributed by atoms with van der Waals surface area (Å²) in [5, 5.41) is 12.5. The van der Waals surface area contributed by atoms with Gasteiger partial charge in [-0.25, -0.2) is 0 Å². The molecule has 1 amide bonds. The monoisotopic (exact) mass is 235 g/mol. The molecule has 0 saturated heterocycles. The van der Waals surface area contributed by atoms with E-state index in [1.807, 2.05) is 0 Å². The fraction of sp³-hybridized carbons (Fsp3) is 0.333. The van der Waals surface area contributed by atoms with E-state index in [1.165, 1.54) is 13.2 Å². The molecule has 2 N–H and O–H groups in total. The van der Waals surface area contributed by atoms with Gasteiger partial charge in [0.1, 0.15) is 5.75 Å². The van der Waals surface area contributed by atoms with E-state index < -0.39 is 17.3 Å². The Hall–Kier alpha value is -1.88. The van der Waals surface area contributed by atoms with Crippen LogP contribution in [0.5, 0.6) is 5.75 Å². The Balaban J connectivity index is 2.56. The predicted molar refractivity (Wildman–Crippen MR) is 61.2 cm³/mol. The second-order valence-corrected chi connectivity index (χ2v) is 3.91. The third-order valence-electron chi connectivity index (χ3n) is 2.98. The van der Waals surface area contributed by atoms with E-state index >= 15 is 0 Å². The van der Waals surface area contributed by atoms with Crippen LogP contribution in [0.4, 0.5) is 5.69 Å². The number of hydrogen-bond acceptors (Lipinski definition) is 4. The molecule has 0 aliphatic carbocycles. The second-order valence-electron chi connectivity index (χ2n) is 3.91. The zero-order chi connectivity index (χ0) is 12.6. The van der Waals surface area contributed by atoms with Gasteiger partial charge in [-0.15, -0.1) is 0 Å². The van der Waals surface area contributed by atoms with Crippen LogP contribution in [0.15, 0.2) is 18.2 Å². The predicted octanol–water partition coefficient (Wildman–Crippen LogP) is 0.971. The fourth-order valence-corrected chi connectivity index (χ4v) is 1.82. The van der Waals surface area contributed by atoms with Crippen molar-refractivity contribution in [3.63, 3.8) is 0 Å². The van der Waals surface area contributed by atoms with E-state index in [1.54, 1.807) is 19.1 Å². The van der Waals surface area contributed by atoms with Crippen molar-refractivity contribution in [2.24, 2.45) is 0 Å². The molecular formula is C12H13NO4. The molecule has 90 valence electrons. The average Bonchev–Trinajstić information content (AvgIpc) is 2.36. The Labute approximate surface area is 98.4 Å². The van der Waals surface area contributed by atoms with Gasteiger partial charge in [-0.1, -0.05) is 6.92 Å². The molecule has 0 unspecified atom stereocenters. The molecule has 1 aliphatic rings. The maximum absolute atomic E-state index is 12.1. The van der Waals surface area contributed by atoms with E-state index in [0.717, 1.165) is 0 Å². The highest BCUT2D eigenvalue weighted by Crippen LogP contribution is 2.32. The first-order chi connectivity index (χ1) is 8.02. The lowest BCUT2D eigenvalue weighted by molar-refractivity contribution is -0.130. The van der Waals surface area contributed by atoms with E-state index in [2.05, 4.69) is 5.32 Å². The number of ketones is 1. The molecule has 5 nitrogen and oxygen atoms in total. The van der Waals surface area contributed by atoms with Crippen LogP contribution in [0.1, 0.15) is 23.7 Å². The first-order valence-corrected chi connectivity index (χ1v) is 5.29. The van der Waals surface area contributed by atoms with Crippen molar-refractivity contribution in [1.29, 1.82) is 0 Å². The largest absolute Gasteiger partial charge is 0.497 e. The van der Waals surface area contributed by atoms with Gasteiger partial charge in [0, 0.05) is 5.56 Å². The lowest BCUT2D eigenvalue weighted by atomic mass is 9.85. The van der Waals surface area contributed by atoms with Gasteiger partial charge in [-0.05, 0) is 24.6 Å². The van der Waals surface area contributed by atoms with E-state index in [0.29, 0.717) is 11.4 Å². The molecule has 1 aromatic rings. The molecule has 0 aromatic heterocycles. The van der Waals surface area contributed by atoms with Gasteiger partial charge in [-0.3, -0.25) is 9.59 Å². The molecule has 2 rings (SSSR count). The number of nitrogens with one attached hydrogen (secondary N) is 1. The minimum Gasteiger partial charge on any atom is -0.497 e. The Kier molecular flexibility index (Phi) is 2.63. The smallest absolute Gasteiger partial charge is 0.264 e. The molecule has 0 radical (unpaired) electrons. The highest BCUT2D eigenvalue weighted by molar-refractivity contribution is 6.26. The SMILES string of the molecule is CC[C@]1(O)C(=O)Nc2ccc(OC)cc2C1=O. The molecule has 0 spiro atoms. The molecule has 0 fully saturated rings. The van der Waals surface area contributed by atoms with E-state index in [4.69, 9.17) is 4.74 Å². The Morgan fingerprint density at radius 1 is 1.41 bits per heavy atom. The van der Waals surface area contributed by atoms with Crippen LogP contribution < -0.4 is 10.1 Å². The number of amides is 1. The van der Waals surface area contributed by atoms with Crippen LogP contribution in [0.25, 0.3) is 0 Å². The zero-order valence-corrected chi connectivity index (χ0v) is 9.61. The second kappa shape index (κ2) is 3.85. The molecule has 1 heterocycles. The van der Waals surface area contributed by atoms with Crippen molar-refractivity contribution in [1.82, 2.24) is 0 Å².